The van der Waals surface area contributed by atoms with Gasteiger partial charge in [-0.15, -0.1) is 0 Å². The molecular formula is C21H29FN4O. The summed E-state index contributed by atoms with van der Waals surface area (Å²) in [4.78, 5) is 17.0. The SMILES string of the molecule is CCN(C[C@H]1CCCN(CCc2cccc(F)c2)C1)C(=O)Cn1cccn1. The van der Waals surface area contributed by atoms with Gasteiger partial charge in [-0.2, -0.15) is 5.10 Å². The molecule has 6 heteroatoms. The molecule has 2 heterocycles. The summed E-state index contributed by atoms with van der Waals surface area (Å²) in [7, 11) is 0. The van der Waals surface area contributed by atoms with Gasteiger partial charge in [0.2, 0.25) is 5.91 Å². The van der Waals surface area contributed by atoms with Crippen LogP contribution in [0, 0.1) is 11.7 Å². The summed E-state index contributed by atoms with van der Waals surface area (Å²) in [5, 5.41) is 4.13. The molecule has 0 aliphatic carbocycles. The molecule has 0 saturated carbocycles. The van der Waals surface area contributed by atoms with E-state index in [1.54, 1.807) is 23.0 Å². The van der Waals surface area contributed by atoms with E-state index in [1.807, 2.05) is 30.2 Å². The third-order valence-corrected chi connectivity index (χ3v) is 5.28. The first-order valence-corrected chi connectivity index (χ1v) is 9.86. The number of benzene rings is 1. The van der Waals surface area contributed by atoms with Gasteiger partial charge >= 0.3 is 0 Å². The van der Waals surface area contributed by atoms with E-state index in [0.717, 1.165) is 57.5 Å². The first kappa shape index (κ1) is 19.5. The largest absolute Gasteiger partial charge is 0.341 e. The average molecular weight is 372 g/mol. The summed E-state index contributed by atoms with van der Waals surface area (Å²) in [6, 6.07) is 8.70. The predicted molar refractivity (Wildman–Crippen MR) is 104 cm³/mol. The lowest BCUT2D eigenvalue weighted by atomic mass is 9.97. The van der Waals surface area contributed by atoms with Crippen LogP contribution in [-0.2, 0) is 17.8 Å². The maximum Gasteiger partial charge on any atom is 0.244 e. The van der Waals surface area contributed by atoms with Crippen molar-refractivity contribution < 1.29 is 9.18 Å². The Hall–Kier alpha value is -2.21. The van der Waals surface area contributed by atoms with Gasteiger partial charge in [0.05, 0.1) is 0 Å². The minimum Gasteiger partial charge on any atom is -0.341 e. The molecule has 1 aliphatic rings. The fraction of sp³-hybridized carbons (Fsp3) is 0.524. The number of amides is 1. The van der Waals surface area contributed by atoms with Crippen LogP contribution in [0.4, 0.5) is 4.39 Å². The number of rotatable bonds is 8. The van der Waals surface area contributed by atoms with Crippen molar-refractivity contribution in [3.8, 4) is 0 Å². The second-order valence-electron chi connectivity index (χ2n) is 7.32. The van der Waals surface area contributed by atoms with Crippen LogP contribution in [0.2, 0.25) is 0 Å². The highest BCUT2D eigenvalue weighted by Gasteiger charge is 2.23. The number of hydrogen-bond acceptors (Lipinski definition) is 3. The molecule has 0 N–H and O–H groups in total. The molecule has 146 valence electrons. The second kappa shape index (κ2) is 9.65. The van der Waals surface area contributed by atoms with Crippen molar-refractivity contribution in [1.82, 2.24) is 19.6 Å². The molecule has 1 amide bonds. The molecule has 0 bridgehead atoms. The van der Waals surface area contributed by atoms with Gasteiger partial charge in [0.1, 0.15) is 12.4 Å². The molecule has 0 spiro atoms. The highest BCUT2D eigenvalue weighted by atomic mass is 19.1. The van der Waals surface area contributed by atoms with Gasteiger partial charge in [-0.05, 0) is 62.4 Å². The Morgan fingerprint density at radius 3 is 3.00 bits per heavy atom. The normalized spacial score (nSPS) is 17.8. The Morgan fingerprint density at radius 2 is 2.26 bits per heavy atom. The van der Waals surface area contributed by atoms with E-state index in [2.05, 4.69) is 10.00 Å². The lowest BCUT2D eigenvalue weighted by molar-refractivity contribution is -0.132. The van der Waals surface area contributed by atoms with Crippen molar-refractivity contribution >= 4 is 5.91 Å². The Morgan fingerprint density at radius 1 is 1.37 bits per heavy atom. The van der Waals surface area contributed by atoms with Crippen LogP contribution in [0.25, 0.3) is 0 Å². The fourth-order valence-corrected chi connectivity index (χ4v) is 3.83. The molecule has 2 aromatic rings. The Kier molecular flexibility index (Phi) is 6.98. The van der Waals surface area contributed by atoms with E-state index in [1.165, 1.54) is 6.07 Å². The highest BCUT2D eigenvalue weighted by molar-refractivity contribution is 5.75. The molecule has 27 heavy (non-hydrogen) atoms. The van der Waals surface area contributed by atoms with Crippen LogP contribution in [0.15, 0.2) is 42.7 Å². The Labute approximate surface area is 160 Å². The van der Waals surface area contributed by atoms with Gasteiger partial charge in [0.25, 0.3) is 0 Å². The van der Waals surface area contributed by atoms with Crippen molar-refractivity contribution in [2.45, 2.75) is 32.7 Å². The van der Waals surface area contributed by atoms with Crippen molar-refractivity contribution in [2.24, 2.45) is 5.92 Å². The summed E-state index contributed by atoms with van der Waals surface area (Å²) in [6.07, 6.45) is 6.68. The standard InChI is InChI=1S/C21H29FN4O/c1-2-25(21(27)17-26-12-5-10-23-26)16-19-7-4-11-24(15-19)13-9-18-6-3-8-20(22)14-18/h3,5-6,8,10,12,14,19H,2,4,7,9,11,13,15-17H2,1H3/t19-/m0/s1. The van der Waals surface area contributed by atoms with Gasteiger partial charge in [0, 0.05) is 38.6 Å². The van der Waals surface area contributed by atoms with E-state index in [-0.39, 0.29) is 11.7 Å². The number of likely N-dealkylation sites (tertiary alicyclic amines) is 1. The van der Waals surface area contributed by atoms with Gasteiger partial charge in [0.15, 0.2) is 0 Å². The summed E-state index contributed by atoms with van der Waals surface area (Å²) in [5.41, 5.74) is 1.04. The maximum absolute atomic E-state index is 13.3. The minimum atomic E-state index is -0.168. The predicted octanol–water partition coefficient (Wildman–Crippen LogP) is 2.83. The van der Waals surface area contributed by atoms with Crippen molar-refractivity contribution in [3.05, 3.63) is 54.1 Å². The van der Waals surface area contributed by atoms with Crippen molar-refractivity contribution in [3.63, 3.8) is 0 Å². The first-order valence-electron chi connectivity index (χ1n) is 9.86. The molecule has 0 unspecified atom stereocenters. The molecule has 1 fully saturated rings. The molecule has 5 nitrogen and oxygen atoms in total. The molecule has 1 atom stereocenters. The summed E-state index contributed by atoms with van der Waals surface area (Å²) in [6.45, 7) is 6.88. The van der Waals surface area contributed by atoms with E-state index >= 15 is 0 Å². The highest BCUT2D eigenvalue weighted by Crippen LogP contribution is 2.18. The zero-order valence-electron chi connectivity index (χ0n) is 16.1. The fourth-order valence-electron chi connectivity index (χ4n) is 3.83. The summed E-state index contributed by atoms with van der Waals surface area (Å²) >= 11 is 0. The zero-order valence-corrected chi connectivity index (χ0v) is 16.1. The number of aromatic nitrogens is 2. The second-order valence-corrected chi connectivity index (χ2v) is 7.32. The molecule has 0 radical (unpaired) electrons. The summed E-state index contributed by atoms with van der Waals surface area (Å²) in [5.74, 6) is 0.448. The van der Waals surface area contributed by atoms with Gasteiger partial charge in [-0.1, -0.05) is 12.1 Å². The maximum atomic E-state index is 13.3. The van der Waals surface area contributed by atoms with E-state index in [0.29, 0.717) is 12.5 Å². The monoisotopic (exact) mass is 372 g/mol. The van der Waals surface area contributed by atoms with Crippen LogP contribution < -0.4 is 0 Å². The first-order chi connectivity index (χ1) is 13.1. The van der Waals surface area contributed by atoms with Gasteiger partial charge in [-0.25, -0.2) is 4.39 Å². The number of nitrogens with zero attached hydrogens (tertiary/aromatic N) is 4. The topological polar surface area (TPSA) is 41.4 Å². The van der Waals surface area contributed by atoms with Crippen molar-refractivity contribution in [1.29, 1.82) is 0 Å². The van der Waals surface area contributed by atoms with Crippen LogP contribution in [0.3, 0.4) is 0 Å². The number of hydrogen-bond donors (Lipinski definition) is 0. The third kappa shape index (κ3) is 5.89. The quantitative estimate of drug-likeness (QED) is 0.716. The number of piperidine rings is 1. The minimum absolute atomic E-state index is 0.123. The van der Waals surface area contributed by atoms with Crippen molar-refractivity contribution in [2.75, 3.05) is 32.7 Å². The van der Waals surface area contributed by atoms with E-state index < -0.39 is 0 Å². The number of likely N-dealkylation sites (N-methyl/N-ethyl adjacent to an activating group) is 1. The Balaban J connectivity index is 1.48. The third-order valence-electron chi connectivity index (χ3n) is 5.28. The molecular weight excluding hydrogens is 343 g/mol. The lowest BCUT2D eigenvalue weighted by Gasteiger charge is -2.35. The molecule has 1 saturated heterocycles. The Bertz CT molecular complexity index is 719. The molecule has 1 aromatic heterocycles. The number of carbonyl (C=O) groups is 1. The molecule has 1 aliphatic heterocycles. The molecule has 3 rings (SSSR count). The van der Waals surface area contributed by atoms with Crippen LogP contribution in [-0.4, -0.2) is 58.2 Å². The van der Waals surface area contributed by atoms with E-state index in [4.69, 9.17) is 0 Å². The number of carbonyl (C=O) groups excluding carboxylic acids is 1. The van der Waals surface area contributed by atoms with Crippen LogP contribution in [0.1, 0.15) is 25.3 Å². The van der Waals surface area contributed by atoms with Crippen LogP contribution >= 0.6 is 0 Å². The zero-order chi connectivity index (χ0) is 19.1. The number of halogens is 1. The van der Waals surface area contributed by atoms with Crippen LogP contribution in [0.5, 0.6) is 0 Å². The smallest absolute Gasteiger partial charge is 0.244 e. The summed E-state index contributed by atoms with van der Waals surface area (Å²) < 4.78 is 15.0. The van der Waals surface area contributed by atoms with Gasteiger partial charge in [-0.3, -0.25) is 9.48 Å². The molecule has 1 aromatic carbocycles. The average Bonchev–Trinajstić information content (AvgIpc) is 3.18. The van der Waals surface area contributed by atoms with Gasteiger partial charge < -0.3 is 9.80 Å². The lowest BCUT2D eigenvalue weighted by Crippen LogP contribution is -2.44. The van der Waals surface area contributed by atoms with E-state index in [9.17, 15) is 9.18 Å².